The molecule has 6 heteroatoms. The van der Waals surface area contributed by atoms with Crippen LogP contribution in [0.1, 0.15) is 27.0 Å². The molecule has 0 radical (unpaired) electrons. The summed E-state index contributed by atoms with van der Waals surface area (Å²) < 4.78 is 31.9. The number of sulfonamides is 1. The average Bonchev–Trinajstić information content (AvgIpc) is 2.49. The highest BCUT2D eigenvalue weighted by molar-refractivity contribution is 7.90. The van der Waals surface area contributed by atoms with Crippen LogP contribution in [0.15, 0.2) is 41.3 Å². The van der Waals surface area contributed by atoms with E-state index in [2.05, 4.69) is 4.72 Å². The van der Waals surface area contributed by atoms with Gasteiger partial charge in [-0.05, 0) is 67.8 Å². The lowest BCUT2D eigenvalue weighted by molar-refractivity contribution is 0.0981. The molecular weight excluding hydrogens is 314 g/mol. The van der Waals surface area contributed by atoms with Crippen molar-refractivity contribution in [3.8, 4) is 5.75 Å². The van der Waals surface area contributed by atoms with E-state index in [1.165, 1.54) is 19.2 Å². The van der Waals surface area contributed by atoms with Crippen LogP contribution in [0.3, 0.4) is 0 Å². The minimum absolute atomic E-state index is 0.0213. The standard InChI is InChI=1S/C17H19NO4S/c1-11-5-6-14(9-12(11)2)17(19)18-23(20,21)15-7-8-16(22-4)13(3)10-15/h5-10H,1-4H3,(H,18,19). The second-order valence-corrected chi connectivity index (χ2v) is 7.05. The fourth-order valence-corrected chi connectivity index (χ4v) is 3.20. The predicted octanol–water partition coefficient (Wildman–Crippen LogP) is 2.74. The molecule has 0 fully saturated rings. The highest BCUT2D eigenvalue weighted by Gasteiger charge is 2.19. The van der Waals surface area contributed by atoms with Gasteiger partial charge in [-0.3, -0.25) is 4.79 Å². The minimum Gasteiger partial charge on any atom is -0.496 e. The Kier molecular flexibility index (Phi) is 4.75. The number of rotatable bonds is 4. The molecule has 0 bridgehead atoms. The SMILES string of the molecule is COc1ccc(S(=O)(=O)NC(=O)c2ccc(C)c(C)c2)cc1C. The largest absolute Gasteiger partial charge is 0.496 e. The van der Waals surface area contributed by atoms with Crippen molar-refractivity contribution in [2.24, 2.45) is 0 Å². The summed E-state index contributed by atoms with van der Waals surface area (Å²) in [5, 5.41) is 0. The van der Waals surface area contributed by atoms with Gasteiger partial charge in [0.15, 0.2) is 0 Å². The first-order valence-corrected chi connectivity index (χ1v) is 8.52. The van der Waals surface area contributed by atoms with Crippen LogP contribution in [-0.2, 0) is 10.0 Å². The molecule has 2 rings (SSSR count). The van der Waals surface area contributed by atoms with Gasteiger partial charge in [-0.25, -0.2) is 13.1 Å². The Labute approximate surface area is 136 Å². The van der Waals surface area contributed by atoms with Crippen LogP contribution in [-0.4, -0.2) is 21.4 Å². The first kappa shape index (κ1) is 17.0. The van der Waals surface area contributed by atoms with E-state index < -0.39 is 15.9 Å². The summed E-state index contributed by atoms with van der Waals surface area (Å²) in [6.07, 6.45) is 0. The number of ether oxygens (including phenoxy) is 1. The van der Waals surface area contributed by atoms with Gasteiger partial charge in [-0.15, -0.1) is 0 Å². The minimum atomic E-state index is -3.93. The molecule has 122 valence electrons. The van der Waals surface area contributed by atoms with Crippen LogP contribution in [0.25, 0.3) is 0 Å². The van der Waals surface area contributed by atoms with Gasteiger partial charge in [-0.2, -0.15) is 0 Å². The lowest BCUT2D eigenvalue weighted by Gasteiger charge is -2.10. The molecule has 0 saturated heterocycles. The summed E-state index contributed by atoms with van der Waals surface area (Å²) >= 11 is 0. The number of carbonyl (C=O) groups excluding carboxylic acids is 1. The summed E-state index contributed by atoms with van der Waals surface area (Å²) in [7, 11) is -2.42. The van der Waals surface area contributed by atoms with E-state index in [9.17, 15) is 13.2 Å². The molecule has 23 heavy (non-hydrogen) atoms. The molecule has 0 spiro atoms. The molecule has 0 aliphatic carbocycles. The molecule has 1 N–H and O–H groups in total. The van der Waals surface area contributed by atoms with Crippen LogP contribution in [0.5, 0.6) is 5.75 Å². The van der Waals surface area contributed by atoms with E-state index in [4.69, 9.17) is 4.74 Å². The summed E-state index contributed by atoms with van der Waals surface area (Å²) in [6, 6.07) is 9.49. The van der Waals surface area contributed by atoms with Crippen molar-refractivity contribution in [1.82, 2.24) is 4.72 Å². The van der Waals surface area contributed by atoms with Gasteiger partial charge in [0.25, 0.3) is 15.9 Å². The van der Waals surface area contributed by atoms with Crippen LogP contribution in [0.4, 0.5) is 0 Å². The van der Waals surface area contributed by atoms with Crippen molar-refractivity contribution in [2.75, 3.05) is 7.11 Å². The third kappa shape index (κ3) is 3.71. The maximum atomic E-state index is 12.3. The molecule has 0 saturated carbocycles. The summed E-state index contributed by atoms with van der Waals surface area (Å²) in [6.45, 7) is 5.53. The fourth-order valence-electron chi connectivity index (χ4n) is 2.14. The second kappa shape index (κ2) is 6.42. The lowest BCUT2D eigenvalue weighted by atomic mass is 10.1. The number of benzene rings is 2. The Morgan fingerprint density at radius 3 is 2.22 bits per heavy atom. The van der Waals surface area contributed by atoms with Gasteiger partial charge in [0.1, 0.15) is 5.75 Å². The Bertz CT molecular complexity index is 857. The first-order chi connectivity index (χ1) is 10.7. The molecule has 0 atom stereocenters. The van der Waals surface area contributed by atoms with E-state index in [-0.39, 0.29) is 4.90 Å². The summed E-state index contributed by atoms with van der Waals surface area (Å²) in [5.41, 5.74) is 2.95. The zero-order chi connectivity index (χ0) is 17.2. The van der Waals surface area contributed by atoms with Crippen molar-refractivity contribution < 1.29 is 17.9 Å². The number of nitrogens with one attached hydrogen (secondary N) is 1. The zero-order valence-corrected chi connectivity index (χ0v) is 14.3. The first-order valence-electron chi connectivity index (χ1n) is 7.03. The van der Waals surface area contributed by atoms with Gasteiger partial charge in [0.05, 0.1) is 12.0 Å². The van der Waals surface area contributed by atoms with Gasteiger partial charge >= 0.3 is 0 Å². The smallest absolute Gasteiger partial charge is 0.265 e. The molecule has 0 aliphatic rings. The normalized spacial score (nSPS) is 11.1. The monoisotopic (exact) mass is 333 g/mol. The van der Waals surface area contributed by atoms with Crippen molar-refractivity contribution in [2.45, 2.75) is 25.7 Å². The van der Waals surface area contributed by atoms with E-state index in [1.807, 2.05) is 13.8 Å². The molecule has 0 aliphatic heterocycles. The molecule has 2 aromatic rings. The highest BCUT2D eigenvalue weighted by atomic mass is 32.2. The van der Waals surface area contributed by atoms with Crippen molar-refractivity contribution in [3.05, 3.63) is 58.7 Å². The fraction of sp³-hybridized carbons (Fsp3) is 0.235. The number of hydrogen-bond donors (Lipinski definition) is 1. The quantitative estimate of drug-likeness (QED) is 0.934. The summed E-state index contributed by atoms with van der Waals surface area (Å²) in [5.74, 6) is -0.0639. The van der Waals surface area contributed by atoms with E-state index >= 15 is 0 Å². The van der Waals surface area contributed by atoms with Gasteiger partial charge in [-0.1, -0.05) is 6.07 Å². The third-order valence-corrected chi connectivity index (χ3v) is 5.00. The van der Waals surface area contributed by atoms with Crippen LogP contribution in [0, 0.1) is 20.8 Å². The van der Waals surface area contributed by atoms with E-state index in [0.29, 0.717) is 16.9 Å². The number of methoxy groups -OCH3 is 1. The zero-order valence-electron chi connectivity index (χ0n) is 13.5. The maximum absolute atomic E-state index is 12.3. The van der Waals surface area contributed by atoms with E-state index in [1.54, 1.807) is 31.2 Å². The van der Waals surface area contributed by atoms with Gasteiger partial charge in [0.2, 0.25) is 0 Å². The average molecular weight is 333 g/mol. The molecule has 2 aromatic carbocycles. The van der Waals surface area contributed by atoms with Gasteiger partial charge < -0.3 is 4.74 Å². The van der Waals surface area contributed by atoms with E-state index in [0.717, 1.165) is 11.1 Å². The molecule has 0 unspecified atom stereocenters. The molecular formula is C17H19NO4S. The van der Waals surface area contributed by atoms with Crippen molar-refractivity contribution in [1.29, 1.82) is 0 Å². The van der Waals surface area contributed by atoms with Crippen molar-refractivity contribution >= 4 is 15.9 Å². The number of amides is 1. The number of hydrogen-bond acceptors (Lipinski definition) is 4. The number of aryl methyl sites for hydroxylation is 3. The maximum Gasteiger partial charge on any atom is 0.265 e. The molecule has 0 aromatic heterocycles. The van der Waals surface area contributed by atoms with Crippen LogP contribution < -0.4 is 9.46 Å². The van der Waals surface area contributed by atoms with Crippen LogP contribution >= 0.6 is 0 Å². The Morgan fingerprint density at radius 1 is 0.957 bits per heavy atom. The predicted molar refractivity (Wildman–Crippen MR) is 88.3 cm³/mol. The molecule has 1 amide bonds. The third-order valence-electron chi connectivity index (χ3n) is 3.67. The Morgan fingerprint density at radius 2 is 1.65 bits per heavy atom. The summed E-state index contributed by atoms with van der Waals surface area (Å²) in [4.78, 5) is 12.2. The van der Waals surface area contributed by atoms with Gasteiger partial charge in [0, 0.05) is 5.56 Å². The Hall–Kier alpha value is -2.34. The van der Waals surface area contributed by atoms with Crippen molar-refractivity contribution in [3.63, 3.8) is 0 Å². The lowest BCUT2D eigenvalue weighted by Crippen LogP contribution is -2.30. The Balaban J connectivity index is 2.28. The topological polar surface area (TPSA) is 72.5 Å². The highest BCUT2D eigenvalue weighted by Crippen LogP contribution is 2.21. The van der Waals surface area contributed by atoms with Crippen LogP contribution in [0.2, 0.25) is 0 Å². The molecule has 0 heterocycles. The second-order valence-electron chi connectivity index (χ2n) is 5.37. The molecule has 5 nitrogen and oxygen atoms in total. The number of carbonyl (C=O) groups is 1.